The number of nitrogens with one attached hydrogen (secondary N) is 3. The zero-order valence-corrected chi connectivity index (χ0v) is 11.8. The zero-order valence-electron chi connectivity index (χ0n) is 11.8. The number of carboxylic acids is 1. The average Bonchev–Trinajstić information content (AvgIpc) is 2.39. The highest BCUT2D eigenvalue weighted by Gasteiger charge is 2.27. The van der Waals surface area contributed by atoms with E-state index in [-0.39, 0.29) is 36.9 Å². The summed E-state index contributed by atoms with van der Waals surface area (Å²) in [6.07, 6.45) is 2.99. The third-order valence-corrected chi connectivity index (χ3v) is 3.37. The molecule has 0 bridgehead atoms. The lowest BCUT2D eigenvalue weighted by molar-refractivity contribution is -0.143. The minimum Gasteiger partial charge on any atom is -0.481 e. The minimum absolute atomic E-state index is 0.101. The molecule has 7 heteroatoms. The summed E-state index contributed by atoms with van der Waals surface area (Å²) < 4.78 is 0. The van der Waals surface area contributed by atoms with Gasteiger partial charge in [-0.05, 0) is 26.2 Å². The molecule has 0 spiro atoms. The number of aliphatic carboxylic acids is 1. The van der Waals surface area contributed by atoms with Crippen molar-refractivity contribution in [1.82, 2.24) is 16.0 Å². The maximum atomic E-state index is 11.6. The van der Waals surface area contributed by atoms with Crippen molar-refractivity contribution in [2.75, 3.05) is 13.1 Å². The Morgan fingerprint density at radius 3 is 2.60 bits per heavy atom. The lowest BCUT2D eigenvalue weighted by Crippen LogP contribution is -2.45. The molecular weight excluding hydrogens is 262 g/mol. The van der Waals surface area contributed by atoms with Gasteiger partial charge in [0.05, 0.1) is 5.92 Å². The summed E-state index contributed by atoms with van der Waals surface area (Å²) >= 11 is 0. The zero-order chi connectivity index (χ0) is 15.0. The largest absolute Gasteiger partial charge is 0.481 e. The molecule has 4 N–H and O–H groups in total. The third-order valence-electron chi connectivity index (χ3n) is 3.37. The van der Waals surface area contributed by atoms with Crippen LogP contribution in [0.3, 0.4) is 0 Å². The maximum Gasteiger partial charge on any atom is 0.315 e. The first-order valence-electron chi connectivity index (χ1n) is 7.06. The van der Waals surface area contributed by atoms with Gasteiger partial charge in [0, 0.05) is 25.6 Å². The predicted octanol–water partition coefficient (Wildman–Crippen LogP) is 0.455. The number of amides is 3. The Bertz CT molecular complexity index is 360. The van der Waals surface area contributed by atoms with E-state index in [1.165, 1.54) is 0 Å². The van der Waals surface area contributed by atoms with Gasteiger partial charge in [0.15, 0.2) is 0 Å². The molecule has 114 valence electrons. The molecule has 7 nitrogen and oxygen atoms in total. The fraction of sp³-hybridized carbons (Fsp3) is 0.769. The Morgan fingerprint density at radius 1 is 1.20 bits per heavy atom. The van der Waals surface area contributed by atoms with Crippen molar-refractivity contribution < 1.29 is 19.5 Å². The molecule has 1 fully saturated rings. The molecule has 1 aliphatic carbocycles. The summed E-state index contributed by atoms with van der Waals surface area (Å²) in [7, 11) is 0. The van der Waals surface area contributed by atoms with Crippen LogP contribution in [0.2, 0.25) is 0 Å². The maximum absolute atomic E-state index is 11.6. The first-order chi connectivity index (χ1) is 9.52. The first-order valence-corrected chi connectivity index (χ1v) is 7.06. The van der Waals surface area contributed by atoms with Gasteiger partial charge in [0.2, 0.25) is 5.91 Å². The van der Waals surface area contributed by atoms with Crippen LogP contribution in [0.1, 0.15) is 39.0 Å². The molecular formula is C13H23N3O4. The number of carboxylic acid groups (broad SMARTS) is 1. The Hall–Kier alpha value is -1.79. The summed E-state index contributed by atoms with van der Waals surface area (Å²) in [6.45, 7) is 2.68. The van der Waals surface area contributed by atoms with E-state index in [4.69, 9.17) is 5.11 Å². The van der Waals surface area contributed by atoms with Gasteiger partial charge in [-0.15, -0.1) is 0 Å². The summed E-state index contributed by atoms with van der Waals surface area (Å²) in [6, 6.07) is -0.445. The molecule has 2 atom stereocenters. The second-order valence-electron chi connectivity index (χ2n) is 5.00. The van der Waals surface area contributed by atoms with Crippen LogP contribution in [-0.4, -0.2) is 42.1 Å². The van der Waals surface area contributed by atoms with Gasteiger partial charge < -0.3 is 21.1 Å². The van der Waals surface area contributed by atoms with Crippen molar-refractivity contribution in [3.8, 4) is 0 Å². The van der Waals surface area contributed by atoms with Crippen molar-refractivity contribution in [2.24, 2.45) is 5.92 Å². The lowest BCUT2D eigenvalue weighted by atomic mass is 9.86. The molecule has 0 aliphatic heterocycles. The average molecular weight is 285 g/mol. The van der Waals surface area contributed by atoms with E-state index in [0.29, 0.717) is 19.4 Å². The molecule has 0 aromatic carbocycles. The summed E-state index contributed by atoms with van der Waals surface area (Å²) in [5.74, 6) is -1.27. The van der Waals surface area contributed by atoms with Gasteiger partial charge >= 0.3 is 12.0 Å². The van der Waals surface area contributed by atoms with Crippen molar-refractivity contribution in [1.29, 1.82) is 0 Å². The van der Waals surface area contributed by atoms with E-state index in [0.717, 1.165) is 12.8 Å². The number of hydrogen-bond donors (Lipinski definition) is 4. The van der Waals surface area contributed by atoms with Crippen LogP contribution in [-0.2, 0) is 9.59 Å². The molecule has 0 heterocycles. The van der Waals surface area contributed by atoms with E-state index in [2.05, 4.69) is 16.0 Å². The molecule has 1 aliphatic rings. The molecule has 0 saturated heterocycles. The predicted molar refractivity (Wildman–Crippen MR) is 73.2 cm³/mol. The molecule has 20 heavy (non-hydrogen) atoms. The van der Waals surface area contributed by atoms with Gasteiger partial charge in [-0.2, -0.15) is 0 Å². The lowest BCUT2D eigenvalue weighted by Gasteiger charge is -2.27. The van der Waals surface area contributed by atoms with Crippen molar-refractivity contribution in [3.05, 3.63) is 0 Å². The highest BCUT2D eigenvalue weighted by atomic mass is 16.4. The fourth-order valence-electron chi connectivity index (χ4n) is 2.36. The van der Waals surface area contributed by atoms with Gasteiger partial charge in [-0.25, -0.2) is 4.79 Å². The van der Waals surface area contributed by atoms with Crippen LogP contribution in [0, 0.1) is 5.92 Å². The number of carbonyl (C=O) groups excluding carboxylic acids is 2. The minimum atomic E-state index is -0.798. The van der Waals surface area contributed by atoms with Crippen LogP contribution in [0.15, 0.2) is 0 Å². The second-order valence-corrected chi connectivity index (χ2v) is 5.00. The first kappa shape index (κ1) is 16.3. The molecule has 1 rings (SSSR count). The van der Waals surface area contributed by atoms with E-state index < -0.39 is 5.97 Å². The number of hydrogen-bond acceptors (Lipinski definition) is 3. The molecule has 2 unspecified atom stereocenters. The molecule has 0 aromatic rings. The Kier molecular flexibility index (Phi) is 6.83. The Morgan fingerprint density at radius 2 is 1.95 bits per heavy atom. The normalized spacial score (nSPS) is 21.9. The van der Waals surface area contributed by atoms with Gasteiger partial charge in [0.25, 0.3) is 0 Å². The Labute approximate surface area is 118 Å². The quantitative estimate of drug-likeness (QED) is 0.568. The summed E-state index contributed by atoms with van der Waals surface area (Å²) in [5.41, 5.74) is 0. The van der Waals surface area contributed by atoms with Crippen molar-refractivity contribution in [2.45, 2.75) is 45.1 Å². The van der Waals surface area contributed by atoms with Crippen LogP contribution >= 0.6 is 0 Å². The van der Waals surface area contributed by atoms with Crippen molar-refractivity contribution >= 4 is 17.9 Å². The van der Waals surface area contributed by atoms with Crippen LogP contribution in [0.25, 0.3) is 0 Å². The molecule has 0 radical (unpaired) electrons. The molecule has 0 aromatic heterocycles. The monoisotopic (exact) mass is 285 g/mol. The van der Waals surface area contributed by atoms with Crippen molar-refractivity contribution in [3.63, 3.8) is 0 Å². The highest BCUT2D eigenvalue weighted by Crippen LogP contribution is 2.24. The van der Waals surface area contributed by atoms with Gasteiger partial charge in [-0.3, -0.25) is 9.59 Å². The Balaban J connectivity index is 2.21. The number of carbonyl (C=O) groups is 3. The third kappa shape index (κ3) is 5.90. The summed E-state index contributed by atoms with van der Waals surface area (Å²) in [5, 5.41) is 17.0. The van der Waals surface area contributed by atoms with E-state index >= 15 is 0 Å². The highest BCUT2D eigenvalue weighted by molar-refractivity contribution is 5.78. The smallest absolute Gasteiger partial charge is 0.315 e. The number of rotatable bonds is 6. The van der Waals surface area contributed by atoms with Crippen LogP contribution in [0.5, 0.6) is 0 Å². The van der Waals surface area contributed by atoms with Crippen LogP contribution in [0.4, 0.5) is 4.79 Å². The standard InChI is InChI=1S/C13H23N3O4/c1-2-14-11(17)6-7-15-13(20)16-10-5-3-4-9(8-10)12(18)19/h9-10H,2-8H2,1H3,(H,14,17)(H,18,19)(H2,15,16,20). The summed E-state index contributed by atoms with van der Waals surface area (Å²) in [4.78, 5) is 33.7. The molecule has 1 saturated carbocycles. The molecule has 3 amide bonds. The van der Waals surface area contributed by atoms with E-state index in [1.54, 1.807) is 0 Å². The van der Waals surface area contributed by atoms with Crippen LogP contribution < -0.4 is 16.0 Å². The topological polar surface area (TPSA) is 108 Å². The van der Waals surface area contributed by atoms with E-state index in [9.17, 15) is 14.4 Å². The van der Waals surface area contributed by atoms with E-state index in [1.807, 2.05) is 6.92 Å². The SMILES string of the molecule is CCNC(=O)CCNC(=O)NC1CCCC(C(=O)O)C1. The second kappa shape index (κ2) is 8.39. The fourth-order valence-corrected chi connectivity index (χ4v) is 2.36. The number of urea groups is 1. The van der Waals surface area contributed by atoms with Gasteiger partial charge in [-0.1, -0.05) is 6.42 Å². The van der Waals surface area contributed by atoms with Gasteiger partial charge in [0.1, 0.15) is 0 Å².